The highest BCUT2D eigenvalue weighted by Gasteiger charge is 2.14. The van der Waals surface area contributed by atoms with Gasteiger partial charge in [-0.05, 0) is 42.3 Å². The lowest BCUT2D eigenvalue weighted by molar-refractivity contribution is 0.0988. The smallest absolute Gasteiger partial charge is 0.276 e. The largest absolute Gasteiger partial charge is 0.354 e. The lowest BCUT2D eigenvalue weighted by atomic mass is 10.1. The second-order valence-electron chi connectivity index (χ2n) is 5.77. The van der Waals surface area contributed by atoms with Crippen molar-refractivity contribution in [1.82, 2.24) is 4.98 Å². The average molecular weight is 331 g/mol. The van der Waals surface area contributed by atoms with Gasteiger partial charge >= 0.3 is 0 Å². The Bertz CT molecular complexity index is 845. The van der Waals surface area contributed by atoms with Gasteiger partial charge in [0.05, 0.1) is 11.9 Å². The molecular weight excluding hydrogens is 310 g/mol. The van der Waals surface area contributed by atoms with Crippen LogP contribution in [0, 0.1) is 0 Å². The molecule has 1 amide bonds. The van der Waals surface area contributed by atoms with E-state index in [1.807, 2.05) is 54.6 Å². The molecular formula is C21H21N3O. The summed E-state index contributed by atoms with van der Waals surface area (Å²) in [4.78, 5) is 18.5. The molecule has 0 aliphatic carbocycles. The molecule has 0 atom stereocenters. The molecule has 25 heavy (non-hydrogen) atoms. The number of para-hydroxylation sites is 2. The van der Waals surface area contributed by atoms with Crippen molar-refractivity contribution >= 4 is 23.0 Å². The summed E-state index contributed by atoms with van der Waals surface area (Å²) in [6.07, 6.45) is 2.65. The van der Waals surface area contributed by atoms with Gasteiger partial charge in [0.2, 0.25) is 0 Å². The van der Waals surface area contributed by atoms with Crippen LogP contribution >= 0.6 is 0 Å². The molecule has 4 nitrogen and oxygen atoms in total. The first kappa shape index (κ1) is 16.7. The fourth-order valence-electron chi connectivity index (χ4n) is 2.64. The number of hydrogen-bond donors (Lipinski definition) is 1. The highest BCUT2D eigenvalue weighted by molar-refractivity contribution is 6.04. The van der Waals surface area contributed by atoms with Crippen molar-refractivity contribution in [3.05, 3.63) is 84.2 Å². The molecule has 126 valence electrons. The van der Waals surface area contributed by atoms with Crippen LogP contribution in [0.1, 0.15) is 23.0 Å². The van der Waals surface area contributed by atoms with Crippen LogP contribution in [0.5, 0.6) is 0 Å². The number of aromatic nitrogens is 1. The van der Waals surface area contributed by atoms with Gasteiger partial charge in [-0.15, -0.1) is 0 Å². The SMILES string of the molecule is CCc1ccccc1Nc1ccc(C(=O)N(C)c2ccccc2)nc1. The number of carbonyl (C=O) groups excluding carboxylic acids is 1. The number of anilines is 3. The molecule has 3 rings (SSSR count). The van der Waals surface area contributed by atoms with Gasteiger partial charge < -0.3 is 10.2 Å². The van der Waals surface area contributed by atoms with Gasteiger partial charge in [0.1, 0.15) is 5.69 Å². The number of benzene rings is 2. The molecule has 0 fully saturated rings. The van der Waals surface area contributed by atoms with Crippen LogP contribution in [-0.4, -0.2) is 17.9 Å². The van der Waals surface area contributed by atoms with Crippen molar-refractivity contribution in [3.8, 4) is 0 Å². The lowest BCUT2D eigenvalue weighted by Gasteiger charge is -2.17. The van der Waals surface area contributed by atoms with E-state index < -0.39 is 0 Å². The molecule has 2 aromatic carbocycles. The van der Waals surface area contributed by atoms with Crippen molar-refractivity contribution in [1.29, 1.82) is 0 Å². The number of hydrogen-bond acceptors (Lipinski definition) is 3. The maximum Gasteiger partial charge on any atom is 0.276 e. The van der Waals surface area contributed by atoms with Gasteiger partial charge in [-0.2, -0.15) is 0 Å². The predicted octanol–water partition coefficient (Wildman–Crippen LogP) is 4.66. The summed E-state index contributed by atoms with van der Waals surface area (Å²) >= 11 is 0. The Labute approximate surface area is 148 Å². The highest BCUT2D eigenvalue weighted by atomic mass is 16.2. The molecule has 0 bridgehead atoms. The van der Waals surface area contributed by atoms with E-state index in [1.165, 1.54) is 5.56 Å². The van der Waals surface area contributed by atoms with E-state index in [9.17, 15) is 4.79 Å². The number of aryl methyl sites for hydroxylation is 1. The topological polar surface area (TPSA) is 45.2 Å². The van der Waals surface area contributed by atoms with Gasteiger partial charge in [0.15, 0.2) is 0 Å². The Hall–Kier alpha value is -3.14. The van der Waals surface area contributed by atoms with Gasteiger partial charge in [-0.3, -0.25) is 4.79 Å². The molecule has 1 N–H and O–H groups in total. The monoisotopic (exact) mass is 331 g/mol. The van der Waals surface area contributed by atoms with Crippen molar-refractivity contribution in [2.75, 3.05) is 17.3 Å². The Morgan fingerprint density at radius 2 is 1.72 bits per heavy atom. The molecule has 4 heteroatoms. The number of amides is 1. The van der Waals surface area contributed by atoms with Crippen molar-refractivity contribution in [2.24, 2.45) is 0 Å². The number of nitrogens with one attached hydrogen (secondary N) is 1. The molecule has 0 unspecified atom stereocenters. The molecule has 0 saturated carbocycles. The third kappa shape index (κ3) is 3.86. The summed E-state index contributed by atoms with van der Waals surface area (Å²) in [5.74, 6) is -0.133. The van der Waals surface area contributed by atoms with Gasteiger partial charge in [-0.25, -0.2) is 4.98 Å². The first-order chi connectivity index (χ1) is 12.2. The van der Waals surface area contributed by atoms with Crippen LogP contribution in [-0.2, 0) is 6.42 Å². The van der Waals surface area contributed by atoms with Crippen LogP contribution in [0.4, 0.5) is 17.1 Å². The number of rotatable bonds is 5. The Balaban J connectivity index is 1.75. The summed E-state index contributed by atoms with van der Waals surface area (Å²) < 4.78 is 0. The summed E-state index contributed by atoms with van der Waals surface area (Å²) in [6, 6.07) is 21.3. The minimum atomic E-state index is -0.133. The van der Waals surface area contributed by atoms with E-state index in [4.69, 9.17) is 0 Å². The van der Waals surface area contributed by atoms with E-state index >= 15 is 0 Å². The van der Waals surface area contributed by atoms with Crippen LogP contribution < -0.4 is 10.2 Å². The Morgan fingerprint density at radius 3 is 2.40 bits per heavy atom. The third-order valence-corrected chi connectivity index (χ3v) is 4.11. The molecule has 1 aromatic heterocycles. The zero-order valence-corrected chi connectivity index (χ0v) is 14.4. The zero-order chi connectivity index (χ0) is 17.6. The standard InChI is InChI=1S/C21H21N3O/c1-3-16-9-7-8-12-19(16)23-17-13-14-20(22-15-17)21(25)24(2)18-10-5-4-6-11-18/h4-15,23H,3H2,1-2H3. The van der Waals surface area contributed by atoms with E-state index in [0.29, 0.717) is 5.69 Å². The number of carbonyl (C=O) groups is 1. The molecule has 0 radical (unpaired) electrons. The van der Waals surface area contributed by atoms with Crippen LogP contribution in [0.2, 0.25) is 0 Å². The zero-order valence-electron chi connectivity index (χ0n) is 14.4. The minimum absolute atomic E-state index is 0.133. The first-order valence-corrected chi connectivity index (χ1v) is 8.33. The molecule has 0 aliphatic heterocycles. The second kappa shape index (κ2) is 7.62. The maximum absolute atomic E-state index is 12.6. The fourth-order valence-corrected chi connectivity index (χ4v) is 2.64. The van der Waals surface area contributed by atoms with E-state index in [1.54, 1.807) is 24.2 Å². The number of nitrogens with zero attached hydrogens (tertiary/aromatic N) is 2. The van der Waals surface area contributed by atoms with E-state index in [2.05, 4.69) is 23.3 Å². The summed E-state index contributed by atoms with van der Waals surface area (Å²) in [5, 5.41) is 3.36. The average Bonchev–Trinajstić information content (AvgIpc) is 2.68. The summed E-state index contributed by atoms with van der Waals surface area (Å²) in [5.41, 5.74) is 4.42. The molecule has 0 aliphatic rings. The van der Waals surface area contributed by atoms with Crippen molar-refractivity contribution in [2.45, 2.75) is 13.3 Å². The van der Waals surface area contributed by atoms with E-state index in [-0.39, 0.29) is 5.91 Å². The van der Waals surface area contributed by atoms with Crippen molar-refractivity contribution in [3.63, 3.8) is 0 Å². The third-order valence-electron chi connectivity index (χ3n) is 4.11. The van der Waals surface area contributed by atoms with Gasteiger partial charge in [0, 0.05) is 18.4 Å². The molecule has 0 spiro atoms. The fraction of sp³-hybridized carbons (Fsp3) is 0.143. The predicted molar refractivity (Wildman–Crippen MR) is 103 cm³/mol. The quantitative estimate of drug-likeness (QED) is 0.739. The van der Waals surface area contributed by atoms with Crippen LogP contribution in [0.3, 0.4) is 0 Å². The Kier molecular flexibility index (Phi) is 5.09. The normalized spacial score (nSPS) is 10.3. The second-order valence-corrected chi connectivity index (χ2v) is 5.77. The van der Waals surface area contributed by atoms with Gasteiger partial charge in [0.25, 0.3) is 5.91 Å². The first-order valence-electron chi connectivity index (χ1n) is 8.33. The minimum Gasteiger partial charge on any atom is -0.354 e. The number of pyridine rings is 1. The lowest BCUT2D eigenvalue weighted by Crippen LogP contribution is -2.26. The molecule has 3 aromatic rings. The Morgan fingerprint density at radius 1 is 1.00 bits per heavy atom. The molecule has 1 heterocycles. The summed E-state index contributed by atoms with van der Waals surface area (Å²) in [7, 11) is 1.75. The van der Waals surface area contributed by atoms with E-state index in [0.717, 1.165) is 23.5 Å². The van der Waals surface area contributed by atoms with Crippen molar-refractivity contribution < 1.29 is 4.79 Å². The molecule has 0 saturated heterocycles. The maximum atomic E-state index is 12.6. The summed E-state index contributed by atoms with van der Waals surface area (Å²) in [6.45, 7) is 2.12. The van der Waals surface area contributed by atoms with Gasteiger partial charge in [-0.1, -0.05) is 43.3 Å². The highest BCUT2D eigenvalue weighted by Crippen LogP contribution is 2.21. The van der Waals surface area contributed by atoms with Crippen LogP contribution in [0.15, 0.2) is 72.9 Å². The van der Waals surface area contributed by atoms with Crippen LogP contribution in [0.25, 0.3) is 0 Å².